The van der Waals surface area contributed by atoms with Crippen LogP contribution < -0.4 is 11.2 Å². The van der Waals surface area contributed by atoms with E-state index >= 15 is 0 Å². The van der Waals surface area contributed by atoms with Gasteiger partial charge in [-0.25, -0.2) is 14.8 Å². The van der Waals surface area contributed by atoms with Gasteiger partial charge in [0.2, 0.25) is 0 Å². The van der Waals surface area contributed by atoms with Crippen molar-refractivity contribution in [1.82, 2.24) is 19.1 Å². The van der Waals surface area contributed by atoms with Crippen molar-refractivity contribution in [1.29, 1.82) is 0 Å². The van der Waals surface area contributed by atoms with Gasteiger partial charge in [-0.2, -0.15) is 0 Å². The summed E-state index contributed by atoms with van der Waals surface area (Å²) in [5.74, 6) is 0. The molecule has 0 aliphatic rings. The first-order valence-corrected chi connectivity index (χ1v) is 6.53. The molecule has 1 aromatic carbocycles. The Morgan fingerprint density at radius 3 is 2.48 bits per heavy atom. The standard InChI is InChI=1S/C15H14N4O2/c1-18-13-12(14(20)19(2)15(18)21)16-9-11(17-13)8-10-6-4-3-5-7-10/h3-7,9H,8H2,1-2H3. The van der Waals surface area contributed by atoms with E-state index in [0.29, 0.717) is 12.1 Å². The summed E-state index contributed by atoms with van der Waals surface area (Å²) in [5.41, 5.74) is 1.51. The van der Waals surface area contributed by atoms with Crippen molar-refractivity contribution in [3.05, 3.63) is 68.6 Å². The van der Waals surface area contributed by atoms with E-state index in [1.807, 2.05) is 30.3 Å². The van der Waals surface area contributed by atoms with Gasteiger partial charge in [-0.1, -0.05) is 30.3 Å². The number of hydrogen-bond donors (Lipinski definition) is 0. The lowest BCUT2D eigenvalue weighted by molar-refractivity contribution is 0.702. The fraction of sp³-hybridized carbons (Fsp3) is 0.200. The summed E-state index contributed by atoms with van der Waals surface area (Å²) in [6, 6.07) is 9.84. The molecule has 3 aromatic rings. The Balaban J connectivity index is 2.17. The molecule has 0 aliphatic carbocycles. The van der Waals surface area contributed by atoms with Crippen LogP contribution in [0.15, 0.2) is 46.1 Å². The van der Waals surface area contributed by atoms with E-state index in [4.69, 9.17) is 0 Å². The van der Waals surface area contributed by atoms with Crippen molar-refractivity contribution in [2.75, 3.05) is 0 Å². The monoisotopic (exact) mass is 282 g/mol. The number of hydrogen-bond acceptors (Lipinski definition) is 4. The molecule has 2 heterocycles. The molecular formula is C15H14N4O2. The van der Waals surface area contributed by atoms with Gasteiger partial charge in [0.05, 0.1) is 5.69 Å². The second-order valence-corrected chi connectivity index (χ2v) is 4.90. The molecule has 0 saturated heterocycles. The zero-order chi connectivity index (χ0) is 15.0. The molecule has 2 aromatic heterocycles. The van der Waals surface area contributed by atoms with Crippen LogP contribution in [-0.4, -0.2) is 19.1 Å². The van der Waals surface area contributed by atoms with E-state index in [2.05, 4.69) is 9.97 Å². The Kier molecular flexibility index (Phi) is 3.13. The highest BCUT2D eigenvalue weighted by Gasteiger charge is 2.11. The highest BCUT2D eigenvalue weighted by molar-refractivity contribution is 5.68. The van der Waals surface area contributed by atoms with Gasteiger partial charge in [-0.15, -0.1) is 0 Å². The SMILES string of the molecule is Cn1c(=O)c2ncc(Cc3ccccc3)nc2n(C)c1=O. The summed E-state index contributed by atoms with van der Waals surface area (Å²) in [4.78, 5) is 32.6. The predicted octanol–water partition coefficient (Wildman–Crippen LogP) is 0.618. The molecule has 6 nitrogen and oxygen atoms in total. The van der Waals surface area contributed by atoms with Crippen LogP contribution >= 0.6 is 0 Å². The average molecular weight is 282 g/mol. The molecule has 0 aliphatic heterocycles. The fourth-order valence-electron chi connectivity index (χ4n) is 2.25. The lowest BCUT2D eigenvalue weighted by atomic mass is 10.1. The van der Waals surface area contributed by atoms with Crippen LogP contribution in [0.5, 0.6) is 0 Å². The molecule has 0 unspecified atom stereocenters. The number of aromatic nitrogens is 4. The first kappa shape index (κ1) is 13.2. The minimum absolute atomic E-state index is 0.205. The zero-order valence-corrected chi connectivity index (χ0v) is 11.8. The molecule has 3 rings (SSSR count). The molecule has 21 heavy (non-hydrogen) atoms. The van der Waals surface area contributed by atoms with E-state index < -0.39 is 11.2 Å². The van der Waals surface area contributed by atoms with Crippen LogP contribution in [0.2, 0.25) is 0 Å². The number of aryl methyl sites for hydroxylation is 1. The van der Waals surface area contributed by atoms with Gasteiger partial charge in [0.15, 0.2) is 11.2 Å². The number of nitrogens with zero attached hydrogens (tertiary/aromatic N) is 4. The summed E-state index contributed by atoms with van der Waals surface area (Å²) in [6.45, 7) is 0. The van der Waals surface area contributed by atoms with Crippen molar-refractivity contribution in [2.24, 2.45) is 14.1 Å². The largest absolute Gasteiger partial charge is 0.332 e. The second-order valence-electron chi connectivity index (χ2n) is 4.90. The van der Waals surface area contributed by atoms with Crippen LogP contribution in [0, 0.1) is 0 Å². The summed E-state index contributed by atoms with van der Waals surface area (Å²) >= 11 is 0. The Hall–Kier alpha value is -2.76. The van der Waals surface area contributed by atoms with Crippen molar-refractivity contribution in [3.63, 3.8) is 0 Å². The van der Waals surface area contributed by atoms with Crippen LogP contribution in [0.25, 0.3) is 11.2 Å². The molecule has 6 heteroatoms. The first-order valence-electron chi connectivity index (χ1n) is 6.53. The third-order valence-electron chi connectivity index (χ3n) is 3.43. The van der Waals surface area contributed by atoms with Gasteiger partial charge in [0, 0.05) is 26.7 Å². The van der Waals surface area contributed by atoms with E-state index in [9.17, 15) is 9.59 Å². The molecule has 0 fully saturated rings. The van der Waals surface area contributed by atoms with Gasteiger partial charge in [-0.3, -0.25) is 13.9 Å². The zero-order valence-electron chi connectivity index (χ0n) is 11.8. The molecular weight excluding hydrogens is 268 g/mol. The van der Waals surface area contributed by atoms with Crippen molar-refractivity contribution < 1.29 is 0 Å². The normalized spacial score (nSPS) is 11.0. The maximum absolute atomic E-state index is 12.0. The Morgan fingerprint density at radius 2 is 1.76 bits per heavy atom. The first-order chi connectivity index (χ1) is 10.1. The van der Waals surface area contributed by atoms with Gasteiger partial charge in [-0.05, 0) is 5.56 Å². The van der Waals surface area contributed by atoms with Crippen molar-refractivity contribution in [3.8, 4) is 0 Å². The Labute approximate surface area is 120 Å². The summed E-state index contributed by atoms with van der Waals surface area (Å²) < 4.78 is 2.38. The van der Waals surface area contributed by atoms with Crippen LogP contribution in [-0.2, 0) is 20.5 Å². The van der Waals surface area contributed by atoms with Crippen LogP contribution in [0.4, 0.5) is 0 Å². The van der Waals surface area contributed by atoms with E-state index in [1.54, 1.807) is 13.2 Å². The maximum Gasteiger partial charge on any atom is 0.332 e. The Bertz CT molecular complexity index is 926. The maximum atomic E-state index is 12.0. The number of rotatable bonds is 2. The van der Waals surface area contributed by atoms with Gasteiger partial charge >= 0.3 is 5.69 Å². The molecule has 0 amide bonds. The lowest BCUT2D eigenvalue weighted by Crippen LogP contribution is -2.37. The number of fused-ring (bicyclic) bond motifs is 1. The van der Waals surface area contributed by atoms with E-state index in [-0.39, 0.29) is 5.52 Å². The molecule has 0 spiro atoms. The summed E-state index contributed by atoms with van der Waals surface area (Å²) in [7, 11) is 3.02. The van der Waals surface area contributed by atoms with Crippen LogP contribution in [0.1, 0.15) is 11.3 Å². The fourth-order valence-corrected chi connectivity index (χ4v) is 2.25. The van der Waals surface area contributed by atoms with E-state index in [1.165, 1.54) is 11.6 Å². The third kappa shape index (κ3) is 2.24. The van der Waals surface area contributed by atoms with Crippen molar-refractivity contribution >= 4 is 11.2 Å². The predicted molar refractivity (Wildman–Crippen MR) is 79.3 cm³/mol. The molecule has 0 bridgehead atoms. The minimum Gasteiger partial charge on any atom is -0.279 e. The smallest absolute Gasteiger partial charge is 0.279 e. The van der Waals surface area contributed by atoms with Crippen molar-refractivity contribution in [2.45, 2.75) is 6.42 Å². The molecule has 106 valence electrons. The van der Waals surface area contributed by atoms with Gasteiger partial charge < -0.3 is 0 Å². The molecule has 0 N–H and O–H groups in total. The third-order valence-corrected chi connectivity index (χ3v) is 3.43. The van der Waals surface area contributed by atoms with Gasteiger partial charge in [0.25, 0.3) is 5.56 Å². The second kappa shape index (κ2) is 4.97. The molecule has 0 saturated carbocycles. The quantitative estimate of drug-likeness (QED) is 0.691. The molecule has 0 radical (unpaired) electrons. The van der Waals surface area contributed by atoms with Gasteiger partial charge in [0.1, 0.15) is 0 Å². The summed E-state index contributed by atoms with van der Waals surface area (Å²) in [5, 5.41) is 0. The topological polar surface area (TPSA) is 69.8 Å². The minimum atomic E-state index is -0.424. The lowest BCUT2D eigenvalue weighted by Gasteiger charge is -2.07. The summed E-state index contributed by atoms with van der Waals surface area (Å²) in [6.07, 6.45) is 2.19. The average Bonchev–Trinajstić information content (AvgIpc) is 2.52. The number of benzene rings is 1. The molecule has 0 atom stereocenters. The highest BCUT2D eigenvalue weighted by atomic mass is 16.2. The van der Waals surface area contributed by atoms with Crippen LogP contribution in [0.3, 0.4) is 0 Å². The highest BCUT2D eigenvalue weighted by Crippen LogP contribution is 2.08. The van der Waals surface area contributed by atoms with E-state index in [0.717, 1.165) is 15.8 Å². The Morgan fingerprint density at radius 1 is 1.05 bits per heavy atom.